The van der Waals surface area contributed by atoms with Crippen LogP contribution in [0.5, 0.6) is 0 Å². The Labute approximate surface area is 178 Å². The predicted octanol–water partition coefficient (Wildman–Crippen LogP) is 3.87. The number of hydrogen-bond donors (Lipinski definition) is 2. The van der Waals surface area contributed by atoms with Gasteiger partial charge in [0.05, 0.1) is 6.26 Å². The first kappa shape index (κ1) is 23.2. The number of guanidine groups is 1. The summed E-state index contributed by atoms with van der Waals surface area (Å²) in [5.41, 5.74) is 0. The zero-order valence-corrected chi connectivity index (χ0v) is 18.6. The van der Waals surface area contributed by atoms with Crippen LogP contribution in [0.3, 0.4) is 0 Å². The van der Waals surface area contributed by atoms with E-state index in [-0.39, 0.29) is 24.0 Å². The first-order valence-electron chi connectivity index (χ1n) is 9.30. The molecule has 0 bridgehead atoms. The molecule has 0 saturated carbocycles. The lowest BCUT2D eigenvalue weighted by molar-refractivity contribution is 0.455. The van der Waals surface area contributed by atoms with Crippen molar-refractivity contribution in [3.63, 3.8) is 0 Å². The Hall–Kier alpha value is -1.84. The Morgan fingerprint density at radius 1 is 1.41 bits per heavy atom. The van der Waals surface area contributed by atoms with E-state index in [9.17, 15) is 0 Å². The third-order valence-electron chi connectivity index (χ3n) is 3.98. The molecule has 0 aliphatic heterocycles. The van der Waals surface area contributed by atoms with Crippen molar-refractivity contribution in [1.29, 1.82) is 0 Å². The average molecular weight is 486 g/mol. The van der Waals surface area contributed by atoms with E-state index in [1.807, 2.05) is 18.2 Å². The summed E-state index contributed by atoms with van der Waals surface area (Å²) < 4.78 is 5.31. The van der Waals surface area contributed by atoms with Gasteiger partial charge in [0.1, 0.15) is 5.82 Å². The van der Waals surface area contributed by atoms with Gasteiger partial charge in [-0.05, 0) is 38.3 Å². The number of aromatic nitrogens is 3. The number of aromatic amines is 1. The predicted molar refractivity (Wildman–Crippen MR) is 120 cm³/mol. The van der Waals surface area contributed by atoms with Crippen molar-refractivity contribution in [3.05, 3.63) is 36.9 Å². The molecule has 7 nitrogen and oxygen atoms in total. The number of hydrogen-bond acceptors (Lipinski definition) is 4. The van der Waals surface area contributed by atoms with E-state index in [4.69, 9.17) is 9.41 Å². The normalized spacial score (nSPS) is 11.1. The molecule has 2 aromatic rings. The van der Waals surface area contributed by atoms with Gasteiger partial charge in [-0.3, -0.25) is 10.1 Å². The Morgan fingerprint density at radius 3 is 2.96 bits per heavy atom. The molecule has 0 radical (unpaired) electrons. The molecule has 0 aliphatic rings. The zero-order valence-electron chi connectivity index (χ0n) is 16.3. The molecule has 0 fully saturated rings. The van der Waals surface area contributed by atoms with Crippen molar-refractivity contribution >= 4 is 29.9 Å². The van der Waals surface area contributed by atoms with Crippen molar-refractivity contribution in [3.8, 4) is 11.6 Å². The minimum Gasteiger partial charge on any atom is -0.461 e. The van der Waals surface area contributed by atoms with Crippen LogP contribution in [0.2, 0.25) is 0 Å². The fraction of sp³-hybridized carbons (Fsp3) is 0.526. The summed E-state index contributed by atoms with van der Waals surface area (Å²) in [6, 6.07) is 3.67. The number of unbranched alkanes of at least 4 members (excludes halogenated alkanes) is 3. The van der Waals surface area contributed by atoms with Gasteiger partial charge >= 0.3 is 0 Å². The van der Waals surface area contributed by atoms with Crippen molar-refractivity contribution in [1.82, 2.24) is 25.4 Å². The van der Waals surface area contributed by atoms with Gasteiger partial charge < -0.3 is 14.6 Å². The quantitative estimate of drug-likeness (QED) is 0.166. The van der Waals surface area contributed by atoms with Crippen molar-refractivity contribution in [2.24, 2.45) is 4.99 Å². The van der Waals surface area contributed by atoms with Gasteiger partial charge in [0.2, 0.25) is 5.82 Å². The van der Waals surface area contributed by atoms with Crippen LogP contribution in [0.25, 0.3) is 11.6 Å². The van der Waals surface area contributed by atoms with Crippen molar-refractivity contribution < 1.29 is 4.42 Å². The Kier molecular flexibility index (Phi) is 11.5. The summed E-state index contributed by atoms with van der Waals surface area (Å²) in [6.45, 7) is 8.34. The number of furan rings is 1. The molecule has 0 spiro atoms. The molecule has 0 saturated heterocycles. The van der Waals surface area contributed by atoms with Crippen LogP contribution in [0.1, 0.15) is 38.4 Å². The lowest BCUT2D eigenvalue weighted by Crippen LogP contribution is -2.39. The number of nitrogens with one attached hydrogen (secondary N) is 2. The number of H-pyrrole nitrogens is 1. The summed E-state index contributed by atoms with van der Waals surface area (Å²) in [4.78, 5) is 11.3. The first-order chi connectivity index (χ1) is 12.7. The summed E-state index contributed by atoms with van der Waals surface area (Å²) in [5, 5.41) is 10.5. The topological polar surface area (TPSA) is 82.3 Å². The van der Waals surface area contributed by atoms with Crippen LogP contribution in [0.4, 0.5) is 0 Å². The molecule has 27 heavy (non-hydrogen) atoms. The maximum absolute atomic E-state index is 5.31. The highest BCUT2D eigenvalue weighted by Crippen LogP contribution is 2.14. The highest BCUT2D eigenvalue weighted by Gasteiger charge is 2.09. The van der Waals surface area contributed by atoms with Gasteiger partial charge in [-0.25, -0.2) is 4.98 Å². The number of halogens is 1. The average Bonchev–Trinajstić information content (AvgIpc) is 3.32. The second kappa shape index (κ2) is 13.3. The Morgan fingerprint density at radius 2 is 2.26 bits per heavy atom. The molecule has 0 unspecified atom stereocenters. The molecule has 2 rings (SSSR count). The highest BCUT2D eigenvalue weighted by atomic mass is 127. The minimum absolute atomic E-state index is 0. The lowest BCUT2D eigenvalue weighted by atomic mass is 10.2. The number of nitrogens with zero attached hydrogens (tertiary/aromatic N) is 4. The van der Waals surface area contributed by atoms with Gasteiger partial charge in [-0.1, -0.05) is 12.5 Å². The summed E-state index contributed by atoms with van der Waals surface area (Å²) in [7, 11) is 2.08. The Balaban J connectivity index is 0.00000364. The summed E-state index contributed by atoms with van der Waals surface area (Å²) in [5.74, 6) is 2.99. The molecule has 8 heteroatoms. The largest absolute Gasteiger partial charge is 0.461 e. The van der Waals surface area contributed by atoms with Crippen LogP contribution < -0.4 is 5.32 Å². The fourth-order valence-electron chi connectivity index (χ4n) is 2.58. The van der Waals surface area contributed by atoms with Crippen LogP contribution in [-0.4, -0.2) is 52.7 Å². The minimum atomic E-state index is 0. The number of rotatable bonds is 11. The molecule has 150 valence electrons. The molecule has 0 aliphatic carbocycles. The smallest absolute Gasteiger partial charge is 0.216 e. The van der Waals surface area contributed by atoms with E-state index in [0.717, 1.165) is 37.7 Å². The fourth-order valence-corrected chi connectivity index (χ4v) is 2.58. The molecule has 0 atom stereocenters. The molecule has 0 aromatic carbocycles. The van der Waals surface area contributed by atoms with Gasteiger partial charge in [0, 0.05) is 33.1 Å². The molecule has 2 heterocycles. The Bertz CT molecular complexity index is 668. The third-order valence-corrected chi connectivity index (χ3v) is 3.98. The zero-order chi connectivity index (χ0) is 18.6. The van der Waals surface area contributed by atoms with Crippen LogP contribution in [0, 0.1) is 0 Å². The van der Waals surface area contributed by atoms with Gasteiger partial charge in [-0.2, -0.15) is 5.10 Å². The van der Waals surface area contributed by atoms with E-state index in [0.29, 0.717) is 24.6 Å². The number of allylic oxidation sites excluding steroid dienone is 1. The van der Waals surface area contributed by atoms with Crippen LogP contribution in [-0.2, 0) is 6.42 Å². The highest BCUT2D eigenvalue weighted by molar-refractivity contribution is 14.0. The van der Waals surface area contributed by atoms with Crippen LogP contribution in [0.15, 0.2) is 40.5 Å². The van der Waals surface area contributed by atoms with E-state index in [1.54, 1.807) is 6.26 Å². The summed E-state index contributed by atoms with van der Waals surface area (Å²) >= 11 is 0. The van der Waals surface area contributed by atoms with Crippen molar-refractivity contribution in [2.45, 2.75) is 39.0 Å². The van der Waals surface area contributed by atoms with E-state index in [2.05, 4.69) is 45.9 Å². The summed E-state index contributed by atoms with van der Waals surface area (Å²) in [6.07, 6.45) is 8.97. The second-order valence-electron chi connectivity index (χ2n) is 6.13. The monoisotopic (exact) mass is 486 g/mol. The maximum atomic E-state index is 5.31. The third kappa shape index (κ3) is 8.15. The SMILES string of the molecule is C=CCCCCCN(C)C(=NCCc1nc(-c2ccco2)n[nH]1)NCC.I. The molecular formula is C19H31IN6O. The number of aliphatic imine (C=N–C) groups is 1. The van der Waals surface area contributed by atoms with E-state index in [1.165, 1.54) is 12.8 Å². The van der Waals surface area contributed by atoms with Gasteiger partial charge in [0.15, 0.2) is 11.7 Å². The standard InChI is InChI=1S/C19H30N6O.HI/c1-4-6-7-8-9-14-25(3)19(20-5-2)21-13-12-17-22-18(24-23-17)16-11-10-15-26-16;/h4,10-11,15H,1,5-9,12-14H2,2-3H3,(H,20,21)(H,22,23,24);1H. The van der Waals surface area contributed by atoms with E-state index >= 15 is 0 Å². The second-order valence-corrected chi connectivity index (χ2v) is 6.13. The molecule has 2 N–H and O–H groups in total. The molecule has 0 amide bonds. The van der Waals surface area contributed by atoms with Gasteiger partial charge in [0.25, 0.3) is 0 Å². The molecular weight excluding hydrogens is 455 g/mol. The van der Waals surface area contributed by atoms with Gasteiger partial charge in [-0.15, -0.1) is 30.6 Å². The maximum Gasteiger partial charge on any atom is 0.216 e. The molecule has 2 aromatic heterocycles. The first-order valence-corrected chi connectivity index (χ1v) is 9.30. The lowest BCUT2D eigenvalue weighted by Gasteiger charge is -2.22. The van der Waals surface area contributed by atoms with Crippen molar-refractivity contribution in [2.75, 3.05) is 26.7 Å². The van der Waals surface area contributed by atoms with Crippen LogP contribution >= 0.6 is 24.0 Å². The van der Waals surface area contributed by atoms with E-state index < -0.39 is 0 Å².